The van der Waals surface area contributed by atoms with E-state index in [1.54, 1.807) is 0 Å². The van der Waals surface area contributed by atoms with E-state index in [4.69, 9.17) is 9.25 Å². The van der Waals surface area contributed by atoms with Gasteiger partial charge in [0.1, 0.15) is 16.9 Å². The molecule has 3 N–H and O–H groups in total. The van der Waals surface area contributed by atoms with E-state index in [1.807, 2.05) is 0 Å². The van der Waals surface area contributed by atoms with Crippen LogP contribution in [0.15, 0.2) is 45.6 Å². The van der Waals surface area contributed by atoms with Crippen molar-refractivity contribution in [2.45, 2.75) is 0 Å². The van der Waals surface area contributed by atoms with Crippen LogP contribution in [0, 0.1) is 0 Å². The average molecular weight is 303 g/mol. The third-order valence-corrected chi connectivity index (χ3v) is 2.91. The fraction of sp³-hybridized carbons (Fsp3) is 0. The second-order valence-corrected chi connectivity index (χ2v) is 4.39. The van der Waals surface area contributed by atoms with Crippen LogP contribution >= 0.6 is 0 Å². The van der Waals surface area contributed by atoms with Crippen LogP contribution in [-0.4, -0.2) is 26.0 Å². The van der Waals surface area contributed by atoms with Gasteiger partial charge in [-0.05, 0) is 18.2 Å². The summed E-state index contributed by atoms with van der Waals surface area (Å²) in [4.78, 5) is 28.5. The Balaban J connectivity index is 2.02. The van der Waals surface area contributed by atoms with Crippen LogP contribution in [0.25, 0.3) is 11.0 Å². The number of hydrogen-bond acceptors (Lipinski definition) is 7. The first kappa shape index (κ1) is 13.6. The Kier molecular flexibility index (Phi) is 2.99. The summed E-state index contributed by atoms with van der Waals surface area (Å²) in [5, 5.41) is 28.5. The molecule has 8 heteroatoms. The zero-order valence-electron chi connectivity index (χ0n) is 10.9. The molecule has 0 atom stereocenters. The number of aromatic nitrogens is 1. The minimum atomic E-state index is -1.12. The van der Waals surface area contributed by atoms with E-state index in [0.717, 1.165) is 12.1 Å². The van der Waals surface area contributed by atoms with Crippen molar-refractivity contribution in [3.05, 3.63) is 52.4 Å². The molecule has 0 radical (unpaired) electrons. The molecule has 0 spiro atoms. The molecule has 0 bridgehead atoms. The predicted molar refractivity (Wildman–Crippen MR) is 72.8 cm³/mol. The van der Waals surface area contributed by atoms with Crippen molar-refractivity contribution in [3.63, 3.8) is 0 Å². The van der Waals surface area contributed by atoms with E-state index in [9.17, 15) is 24.9 Å². The van der Waals surface area contributed by atoms with Crippen LogP contribution in [-0.2, 0) is 0 Å². The summed E-state index contributed by atoms with van der Waals surface area (Å²) in [6.07, 6.45) is 0. The minimum Gasteiger partial charge on any atom is -0.508 e. The highest BCUT2D eigenvalue weighted by Crippen LogP contribution is 2.21. The molecule has 22 heavy (non-hydrogen) atoms. The molecule has 0 saturated carbocycles. The highest BCUT2D eigenvalue weighted by Gasteiger charge is 2.19. The van der Waals surface area contributed by atoms with Crippen LogP contribution in [0.1, 0.15) is 10.4 Å². The summed E-state index contributed by atoms with van der Waals surface area (Å²) in [6.45, 7) is 0. The van der Waals surface area contributed by atoms with Gasteiger partial charge in [0.2, 0.25) is 11.8 Å². The Morgan fingerprint density at radius 2 is 1.73 bits per heavy atom. The van der Waals surface area contributed by atoms with E-state index >= 15 is 0 Å². The van der Waals surface area contributed by atoms with E-state index < -0.39 is 28.9 Å². The summed E-state index contributed by atoms with van der Waals surface area (Å²) in [5.74, 6) is -2.24. The molecule has 8 nitrogen and oxygen atoms in total. The maximum Gasteiger partial charge on any atom is 0.371 e. The molecule has 112 valence electrons. The number of nitrogens with zero attached hydrogens (tertiary/aromatic N) is 1. The fourth-order valence-corrected chi connectivity index (χ4v) is 1.87. The fourth-order valence-electron chi connectivity index (χ4n) is 1.87. The molecule has 2 heterocycles. The van der Waals surface area contributed by atoms with Gasteiger partial charge in [-0.15, -0.1) is 4.73 Å². The molecule has 1 aromatic carbocycles. The van der Waals surface area contributed by atoms with Crippen molar-refractivity contribution in [1.82, 2.24) is 4.73 Å². The number of carbonyl (C=O) groups is 1. The molecular weight excluding hydrogens is 294 g/mol. The van der Waals surface area contributed by atoms with Crippen LogP contribution in [0.3, 0.4) is 0 Å². The molecule has 0 aliphatic carbocycles. The SMILES string of the molecule is O=C(On1c(O)ccc1O)c1cc2ccc(O)cc2oc1=O. The van der Waals surface area contributed by atoms with Crippen molar-refractivity contribution in [2.75, 3.05) is 0 Å². The number of rotatable bonds is 2. The predicted octanol–water partition coefficient (Wildman–Crippen LogP) is 0.980. The van der Waals surface area contributed by atoms with Crippen LogP contribution < -0.4 is 10.5 Å². The first-order valence-corrected chi connectivity index (χ1v) is 6.05. The summed E-state index contributed by atoms with van der Waals surface area (Å²) in [5.41, 5.74) is -1.30. The van der Waals surface area contributed by atoms with Gasteiger partial charge in [-0.2, -0.15) is 0 Å². The lowest BCUT2D eigenvalue weighted by molar-refractivity contribution is 0.0377. The van der Waals surface area contributed by atoms with Gasteiger partial charge in [0.05, 0.1) is 0 Å². The smallest absolute Gasteiger partial charge is 0.371 e. The highest BCUT2D eigenvalue weighted by atomic mass is 16.7. The lowest BCUT2D eigenvalue weighted by Gasteiger charge is -2.06. The lowest BCUT2D eigenvalue weighted by atomic mass is 10.2. The highest BCUT2D eigenvalue weighted by molar-refractivity contribution is 5.93. The molecule has 0 amide bonds. The first-order valence-electron chi connectivity index (χ1n) is 6.05. The van der Waals surface area contributed by atoms with Gasteiger partial charge in [-0.1, -0.05) is 0 Å². The van der Waals surface area contributed by atoms with E-state index in [-0.39, 0.29) is 11.3 Å². The third kappa shape index (κ3) is 2.22. The maximum atomic E-state index is 12.0. The normalized spacial score (nSPS) is 10.7. The molecule has 0 saturated heterocycles. The van der Waals surface area contributed by atoms with Gasteiger partial charge in [-0.3, -0.25) is 0 Å². The van der Waals surface area contributed by atoms with Gasteiger partial charge in [0.15, 0.2) is 0 Å². The number of fused-ring (bicyclic) bond motifs is 1. The number of carbonyl (C=O) groups excluding carboxylic acids is 1. The Morgan fingerprint density at radius 1 is 1.05 bits per heavy atom. The van der Waals surface area contributed by atoms with E-state index in [2.05, 4.69) is 0 Å². The largest absolute Gasteiger partial charge is 0.508 e. The maximum absolute atomic E-state index is 12.0. The summed E-state index contributed by atoms with van der Waals surface area (Å²) >= 11 is 0. The Labute approximate surface area is 122 Å². The van der Waals surface area contributed by atoms with Crippen LogP contribution in [0.5, 0.6) is 17.5 Å². The van der Waals surface area contributed by atoms with Crippen LogP contribution in [0.2, 0.25) is 0 Å². The molecule has 0 aliphatic rings. The zero-order valence-corrected chi connectivity index (χ0v) is 10.9. The van der Waals surface area contributed by atoms with Crippen molar-refractivity contribution >= 4 is 16.9 Å². The van der Waals surface area contributed by atoms with E-state index in [0.29, 0.717) is 10.1 Å². The molecule has 2 aromatic heterocycles. The van der Waals surface area contributed by atoms with Crippen molar-refractivity contribution < 1.29 is 29.4 Å². The van der Waals surface area contributed by atoms with Gasteiger partial charge in [0.25, 0.3) is 0 Å². The minimum absolute atomic E-state index is 0.0897. The second-order valence-electron chi connectivity index (χ2n) is 4.39. The van der Waals surface area contributed by atoms with Crippen LogP contribution in [0.4, 0.5) is 0 Å². The molecule has 0 aliphatic heterocycles. The second kappa shape index (κ2) is 4.85. The molecule has 3 rings (SSSR count). The lowest BCUT2D eigenvalue weighted by Crippen LogP contribution is -2.24. The van der Waals surface area contributed by atoms with E-state index in [1.165, 1.54) is 24.3 Å². The van der Waals surface area contributed by atoms with Crippen molar-refractivity contribution in [3.8, 4) is 17.5 Å². The molecular formula is C14H9NO7. The van der Waals surface area contributed by atoms with Gasteiger partial charge in [-0.25, -0.2) is 9.59 Å². The average Bonchev–Trinajstić information content (AvgIpc) is 2.78. The standard InChI is InChI=1S/C14H9NO7/c16-8-2-1-7-5-9(13(19)21-10(7)6-8)14(20)22-15-11(17)3-4-12(15)18/h1-6,16-18H. The van der Waals surface area contributed by atoms with Gasteiger partial charge in [0, 0.05) is 23.6 Å². The molecule has 0 unspecified atom stereocenters. The number of phenols is 1. The number of phenolic OH excluding ortho intramolecular Hbond substituents is 1. The number of benzene rings is 1. The summed E-state index contributed by atoms with van der Waals surface area (Å²) in [6, 6.07) is 7.48. The third-order valence-electron chi connectivity index (χ3n) is 2.91. The van der Waals surface area contributed by atoms with Crippen molar-refractivity contribution in [2.24, 2.45) is 0 Å². The van der Waals surface area contributed by atoms with Gasteiger partial charge >= 0.3 is 11.6 Å². The molecule has 3 aromatic rings. The quantitative estimate of drug-likeness (QED) is 0.603. The number of hydrogen-bond donors (Lipinski definition) is 3. The monoisotopic (exact) mass is 303 g/mol. The summed E-state index contributed by atoms with van der Waals surface area (Å²) < 4.78 is 5.38. The Morgan fingerprint density at radius 3 is 2.41 bits per heavy atom. The van der Waals surface area contributed by atoms with Gasteiger partial charge < -0.3 is 24.6 Å². The Bertz CT molecular complexity index is 919. The van der Waals surface area contributed by atoms with Crippen molar-refractivity contribution in [1.29, 1.82) is 0 Å². The topological polar surface area (TPSA) is 122 Å². The molecule has 0 fully saturated rings. The number of aromatic hydroxyl groups is 3. The summed E-state index contributed by atoms with van der Waals surface area (Å²) in [7, 11) is 0. The first-order chi connectivity index (χ1) is 10.5. The Hall–Kier alpha value is -3.42. The zero-order chi connectivity index (χ0) is 15.9.